The number of hydrogen-bond donors (Lipinski definition) is 2. The fraction of sp³-hybridized carbons (Fsp3) is 0.917. The Kier molecular flexibility index (Phi) is 5.17. The van der Waals surface area contributed by atoms with E-state index in [2.05, 4.69) is 20.8 Å². The minimum Gasteiger partial charge on any atom is -0.481 e. The first kappa shape index (κ1) is 20.4. The monoisotopic (exact) mass is 390 g/mol. The highest BCUT2D eigenvalue weighted by atomic mass is 16.4. The van der Waals surface area contributed by atoms with Crippen LogP contribution in [0, 0.1) is 46.3 Å². The van der Waals surface area contributed by atoms with Crippen molar-refractivity contribution in [2.75, 3.05) is 0 Å². The smallest absolute Gasteiger partial charge is 0.303 e. The number of fused-ring (bicyclic) bond motifs is 5. The summed E-state index contributed by atoms with van der Waals surface area (Å²) >= 11 is 0. The summed E-state index contributed by atoms with van der Waals surface area (Å²) in [4.78, 5) is 24.2. The molecule has 0 aromatic rings. The van der Waals surface area contributed by atoms with E-state index in [-0.39, 0.29) is 29.3 Å². The lowest BCUT2D eigenvalue weighted by atomic mass is 9.44. The Morgan fingerprint density at radius 2 is 1.79 bits per heavy atom. The van der Waals surface area contributed by atoms with Crippen molar-refractivity contribution < 1.29 is 19.8 Å². The maximum atomic E-state index is 13.1. The van der Waals surface area contributed by atoms with Crippen LogP contribution in [0.25, 0.3) is 0 Å². The van der Waals surface area contributed by atoms with Crippen LogP contribution < -0.4 is 0 Å². The molecular formula is C24H38O4. The van der Waals surface area contributed by atoms with E-state index in [1.54, 1.807) is 0 Å². The number of ketones is 1. The lowest BCUT2D eigenvalue weighted by molar-refractivity contribution is -0.160. The van der Waals surface area contributed by atoms with Crippen molar-refractivity contribution in [3.8, 4) is 0 Å². The predicted octanol–water partition coefficient (Wildman–Crippen LogP) is 4.69. The van der Waals surface area contributed by atoms with Gasteiger partial charge < -0.3 is 10.2 Å². The normalized spacial score (nSPS) is 49.1. The average molecular weight is 391 g/mol. The zero-order valence-electron chi connectivity index (χ0n) is 17.8. The molecule has 0 amide bonds. The Hall–Kier alpha value is -0.900. The van der Waals surface area contributed by atoms with Gasteiger partial charge in [0.05, 0.1) is 6.10 Å². The molecule has 4 aliphatic carbocycles. The topological polar surface area (TPSA) is 74.6 Å². The van der Waals surface area contributed by atoms with Gasteiger partial charge in [-0.3, -0.25) is 9.59 Å². The second-order valence-corrected chi connectivity index (χ2v) is 11.2. The first-order valence-electron chi connectivity index (χ1n) is 11.6. The minimum absolute atomic E-state index is 0.0635. The zero-order valence-corrected chi connectivity index (χ0v) is 17.8. The predicted molar refractivity (Wildman–Crippen MR) is 108 cm³/mol. The molecular weight excluding hydrogens is 352 g/mol. The van der Waals surface area contributed by atoms with Crippen molar-refractivity contribution in [2.45, 2.75) is 91.1 Å². The summed E-state index contributed by atoms with van der Waals surface area (Å²) in [5.74, 6) is 2.54. The molecule has 0 aliphatic heterocycles. The Morgan fingerprint density at radius 3 is 2.50 bits per heavy atom. The maximum Gasteiger partial charge on any atom is 0.303 e. The van der Waals surface area contributed by atoms with Crippen LogP contribution in [0.2, 0.25) is 0 Å². The SMILES string of the molecule is C[C@H](CCC(=O)O)[C@H]1CC[C@H]2[C@@H]3CC(=O)[C@@H]4C[C@H](O)CC[C@]4(C)[C@H]3CC[C@]12C. The molecule has 0 bridgehead atoms. The maximum absolute atomic E-state index is 13.1. The summed E-state index contributed by atoms with van der Waals surface area (Å²) in [5.41, 5.74) is 0.338. The van der Waals surface area contributed by atoms with Gasteiger partial charge in [0.25, 0.3) is 0 Å². The van der Waals surface area contributed by atoms with Crippen LogP contribution in [0.15, 0.2) is 0 Å². The number of carboxylic acids is 1. The summed E-state index contributed by atoms with van der Waals surface area (Å²) in [6.45, 7) is 7.05. The largest absolute Gasteiger partial charge is 0.481 e. The molecule has 4 aliphatic rings. The second kappa shape index (κ2) is 7.11. The molecule has 28 heavy (non-hydrogen) atoms. The Labute approximate surface area is 169 Å². The van der Waals surface area contributed by atoms with Gasteiger partial charge in [-0.25, -0.2) is 0 Å². The number of rotatable bonds is 4. The summed E-state index contributed by atoms with van der Waals surface area (Å²) in [5, 5.41) is 19.2. The van der Waals surface area contributed by atoms with Gasteiger partial charge in [-0.1, -0.05) is 20.8 Å². The van der Waals surface area contributed by atoms with E-state index >= 15 is 0 Å². The van der Waals surface area contributed by atoms with Gasteiger partial charge in [0.2, 0.25) is 0 Å². The van der Waals surface area contributed by atoms with E-state index in [1.165, 1.54) is 25.7 Å². The number of hydrogen-bond acceptors (Lipinski definition) is 3. The third-order valence-electron chi connectivity index (χ3n) is 10.0. The van der Waals surface area contributed by atoms with Gasteiger partial charge in [0.1, 0.15) is 5.78 Å². The van der Waals surface area contributed by atoms with Gasteiger partial charge in [-0.15, -0.1) is 0 Å². The van der Waals surface area contributed by atoms with Gasteiger partial charge in [0, 0.05) is 18.8 Å². The molecule has 2 N–H and O–H groups in total. The van der Waals surface area contributed by atoms with Crippen LogP contribution in [0.4, 0.5) is 0 Å². The third-order valence-corrected chi connectivity index (χ3v) is 10.0. The quantitative estimate of drug-likeness (QED) is 0.730. The number of carbonyl (C=O) groups is 2. The average Bonchev–Trinajstić information content (AvgIpc) is 2.99. The first-order chi connectivity index (χ1) is 13.2. The molecule has 4 fully saturated rings. The van der Waals surface area contributed by atoms with Crippen molar-refractivity contribution in [1.29, 1.82) is 0 Å². The second-order valence-electron chi connectivity index (χ2n) is 11.2. The molecule has 0 unspecified atom stereocenters. The van der Waals surface area contributed by atoms with E-state index < -0.39 is 5.97 Å². The van der Waals surface area contributed by atoms with E-state index in [4.69, 9.17) is 5.11 Å². The third kappa shape index (κ3) is 3.05. The number of aliphatic hydroxyl groups is 1. The van der Waals surface area contributed by atoms with Crippen LogP contribution in [0.1, 0.15) is 85.0 Å². The molecule has 0 aromatic carbocycles. The van der Waals surface area contributed by atoms with Gasteiger partial charge in [-0.2, -0.15) is 0 Å². The number of Topliss-reactive ketones (excluding diaryl/α,β-unsaturated/α-hetero) is 1. The Morgan fingerprint density at radius 1 is 1.11 bits per heavy atom. The highest BCUT2D eigenvalue weighted by molar-refractivity contribution is 5.83. The summed E-state index contributed by atoms with van der Waals surface area (Å²) in [6.07, 6.45) is 8.80. The highest BCUT2D eigenvalue weighted by Crippen LogP contribution is 2.67. The molecule has 4 saturated carbocycles. The minimum atomic E-state index is -0.688. The molecule has 0 spiro atoms. The van der Waals surface area contributed by atoms with E-state index in [0.717, 1.165) is 19.3 Å². The van der Waals surface area contributed by atoms with Crippen molar-refractivity contribution in [3.63, 3.8) is 0 Å². The van der Waals surface area contributed by atoms with Gasteiger partial charge >= 0.3 is 5.97 Å². The van der Waals surface area contributed by atoms with E-state index in [1.807, 2.05) is 0 Å². The van der Waals surface area contributed by atoms with Crippen molar-refractivity contribution in [2.24, 2.45) is 46.3 Å². The molecule has 0 saturated heterocycles. The summed E-state index contributed by atoms with van der Waals surface area (Å²) in [6, 6.07) is 0. The molecule has 4 nitrogen and oxygen atoms in total. The first-order valence-corrected chi connectivity index (χ1v) is 11.6. The standard InChI is InChI=1S/C24H38O4/c1-14(4-7-22(27)28)17-5-6-18-16-13-21(26)20-12-15(25)8-10-24(20,3)19(16)9-11-23(17,18)2/h14-20,25H,4-13H2,1-3H3,(H,27,28)/t14-,15-,16+,17-,18+,19+,20+,23-,24-/m1/s1. The number of aliphatic hydroxyl groups excluding tert-OH is 1. The molecule has 4 rings (SSSR count). The molecule has 0 aromatic heterocycles. The van der Waals surface area contributed by atoms with Crippen LogP contribution in [-0.4, -0.2) is 28.1 Å². The highest BCUT2D eigenvalue weighted by Gasteiger charge is 2.62. The molecule has 4 heteroatoms. The fourth-order valence-corrected chi connectivity index (χ4v) is 8.55. The Bertz CT molecular complexity index is 645. The molecule has 0 heterocycles. The lowest BCUT2D eigenvalue weighted by Crippen LogP contribution is -2.57. The lowest BCUT2D eigenvalue weighted by Gasteiger charge is -2.60. The van der Waals surface area contributed by atoms with Gasteiger partial charge in [0.15, 0.2) is 0 Å². The summed E-state index contributed by atoms with van der Waals surface area (Å²) in [7, 11) is 0. The van der Waals surface area contributed by atoms with E-state index in [0.29, 0.717) is 48.2 Å². The summed E-state index contributed by atoms with van der Waals surface area (Å²) < 4.78 is 0. The van der Waals surface area contributed by atoms with E-state index in [9.17, 15) is 14.7 Å². The zero-order chi connectivity index (χ0) is 20.3. The van der Waals surface area contributed by atoms with Crippen LogP contribution in [-0.2, 0) is 9.59 Å². The van der Waals surface area contributed by atoms with Crippen LogP contribution in [0.5, 0.6) is 0 Å². The van der Waals surface area contributed by atoms with Crippen LogP contribution >= 0.6 is 0 Å². The number of aliphatic carboxylic acids is 1. The Balaban J connectivity index is 1.55. The molecule has 0 radical (unpaired) electrons. The van der Waals surface area contributed by atoms with Crippen molar-refractivity contribution in [3.05, 3.63) is 0 Å². The number of carbonyl (C=O) groups excluding carboxylic acids is 1. The molecule has 9 atom stereocenters. The fourth-order valence-electron chi connectivity index (χ4n) is 8.55. The molecule has 158 valence electrons. The van der Waals surface area contributed by atoms with Crippen molar-refractivity contribution in [1.82, 2.24) is 0 Å². The number of carboxylic acid groups (broad SMARTS) is 1. The van der Waals surface area contributed by atoms with Gasteiger partial charge in [-0.05, 0) is 91.8 Å². The van der Waals surface area contributed by atoms with Crippen molar-refractivity contribution >= 4 is 11.8 Å². The van der Waals surface area contributed by atoms with Crippen LogP contribution in [0.3, 0.4) is 0 Å².